The predicted octanol–water partition coefficient (Wildman–Crippen LogP) is 3.30. The summed E-state index contributed by atoms with van der Waals surface area (Å²) in [5.41, 5.74) is 7.96. The van der Waals surface area contributed by atoms with E-state index in [1.54, 1.807) is 12.3 Å². The maximum atomic E-state index is 9.79. The lowest BCUT2D eigenvalue weighted by Crippen LogP contribution is -2.32. The van der Waals surface area contributed by atoms with Gasteiger partial charge in [0, 0.05) is 11.1 Å². The molecule has 4 heteroatoms. The number of hydrogen-bond acceptors (Lipinski definition) is 3. The maximum absolute atomic E-state index is 9.79. The van der Waals surface area contributed by atoms with Gasteiger partial charge in [-0.1, -0.05) is 66.7 Å². The zero-order valence-electron chi connectivity index (χ0n) is 14.4. The number of rotatable bonds is 1. The number of benzene rings is 3. The Bertz CT molecular complexity index is 1220. The van der Waals surface area contributed by atoms with Gasteiger partial charge in [-0.15, -0.1) is 0 Å². The van der Waals surface area contributed by atoms with Crippen molar-refractivity contribution in [3.05, 3.63) is 101 Å². The largest absolute Gasteiger partial charge is 0.488 e. The fourth-order valence-electron chi connectivity index (χ4n) is 5.00. The summed E-state index contributed by atoms with van der Waals surface area (Å²) in [7, 11) is -1.50. The van der Waals surface area contributed by atoms with E-state index in [4.69, 9.17) is 4.42 Å². The van der Waals surface area contributed by atoms with Crippen LogP contribution in [0.25, 0.3) is 22.5 Å². The van der Waals surface area contributed by atoms with Gasteiger partial charge in [0.05, 0.1) is 11.7 Å². The molecule has 1 heterocycles. The van der Waals surface area contributed by atoms with Gasteiger partial charge >= 0.3 is 7.12 Å². The molecule has 2 aliphatic rings. The van der Waals surface area contributed by atoms with Gasteiger partial charge in [-0.25, -0.2) is 0 Å². The van der Waals surface area contributed by atoms with E-state index in [1.165, 1.54) is 16.7 Å². The highest BCUT2D eigenvalue weighted by molar-refractivity contribution is 6.58. The molecule has 27 heavy (non-hydrogen) atoms. The molecule has 128 valence electrons. The van der Waals surface area contributed by atoms with Crippen LogP contribution in [0.2, 0.25) is 0 Å². The molecule has 6 rings (SSSR count). The smallest absolute Gasteiger partial charge is 0.464 e. The maximum Gasteiger partial charge on any atom is 0.488 e. The molecule has 0 bridgehead atoms. The van der Waals surface area contributed by atoms with Gasteiger partial charge in [0.1, 0.15) is 5.76 Å². The summed E-state index contributed by atoms with van der Waals surface area (Å²) in [6.07, 6.45) is 1.74. The van der Waals surface area contributed by atoms with Gasteiger partial charge in [-0.3, -0.25) is 0 Å². The third kappa shape index (κ3) is 1.65. The Morgan fingerprint density at radius 3 is 2.11 bits per heavy atom. The molecule has 2 aliphatic carbocycles. The molecule has 0 saturated heterocycles. The number of furan rings is 1. The van der Waals surface area contributed by atoms with Crippen molar-refractivity contribution in [1.82, 2.24) is 0 Å². The lowest BCUT2D eigenvalue weighted by atomic mass is 9.69. The van der Waals surface area contributed by atoms with E-state index in [0.29, 0.717) is 5.46 Å². The molecule has 0 amide bonds. The third-order valence-corrected chi connectivity index (χ3v) is 6.01. The number of hydrogen-bond donors (Lipinski definition) is 2. The first-order valence-corrected chi connectivity index (χ1v) is 9.01. The summed E-state index contributed by atoms with van der Waals surface area (Å²) in [5.74, 6) is 0.892. The SMILES string of the molecule is OB(O)c1ccc2c(c1)C1(c3ccccc3-2)c2ccccc2-c2occc21. The molecule has 4 aromatic rings. The first-order chi connectivity index (χ1) is 13.2. The molecule has 0 aliphatic heterocycles. The van der Waals surface area contributed by atoms with E-state index in [2.05, 4.69) is 36.4 Å². The topological polar surface area (TPSA) is 53.6 Å². The minimum atomic E-state index is -1.50. The van der Waals surface area contributed by atoms with Crippen LogP contribution in [0.3, 0.4) is 0 Å². The van der Waals surface area contributed by atoms with Gasteiger partial charge in [-0.2, -0.15) is 0 Å². The molecule has 1 aromatic heterocycles. The van der Waals surface area contributed by atoms with E-state index in [1.807, 2.05) is 30.3 Å². The lowest BCUT2D eigenvalue weighted by Gasteiger charge is -2.29. The Morgan fingerprint density at radius 1 is 0.667 bits per heavy atom. The zero-order valence-corrected chi connectivity index (χ0v) is 14.4. The highest BCUT2D eigenvalue weighted by atomic mass is 16.4. The van der Waals surface area contributed by atoms with Crippen LogP contribution < -0.4 is 5.46 Å². The van der Waals surface area contributed by atoms with Crippen LogP contribution in [0.5, 0.6) is 0 Å². The van der Waals surface area contributed by atoms with Crippen molar-refractivity contribution in [3.8, 4) is 22.5 Å². The molecule has 1 spiro atoms. The van der Waals surface area contributed by atoms with Crippen molar-refractivity contribution < 1.29 is 14.5 Å². The van der Waals surface area contributed by atoms with Gasteiger partial charge in [0.15, 0.2) is 0 Å². The summed E-state index contributed by atoms with van der Waals surface area (Å²) in [4.78, 5) is 0. The average molecular weight is 350 g/mol. The first-order valence-electron chi connectivity index (χ1n) is 9.01. The van der Waals surface area contributed by atoms with Crippen LogP contribution >= 0.6 is 0 Å². The molecular formula is C23H15BO3. The second-order valence-corrected chi connectivity index (χ2v) is 7.18. The summed E-state index contributed by atoms with van der Waals surface area (Å²) in [5, 5.41) is 19.6. The standard InChI is InChI=1S/C23H15BO3/c25-24(26)14-9-10-16-15-5-1-3-7-18(15)23(21(16)13-14)19-8-4-2-6-17(19)22-20(23)11-12-27-22/h1-13,25-26H. The average Bonchev–Trinajstić information content (AvgIpc) is 3.36. The van der Waals surface area contributed by atoms with Crippen molar-refractivity contribution in [3.63, 3.8) is 0 Å². The fraction of sp³-hybridized carbons (Fsp3) is 0.0435. The molecule has 3 aromatic carbocycles. The van der Waals surface area contributed by atoms with Crippen molar-refractivity contribution in [2.75, 3.05) is 0 Å². The second kappa shape index (κ2) is 5.00. The Kier molecular flexibility index (Phi) is 2.79. The van der Waals surface area contributed by atoms with Crippen LogP contribution in [-0.4, -0.2) is 17.2 Å². The normalized spacial score (nSPS) is 18.1. The third-order valence-electron chi connectivity index (χ3n) is 6.01. The number of fused-ring (bicyclic) bond motifs is 10. The van der Waals surface area contributed by atoms with Gasteiger partial charge in [0.25, 0.3) is 0 Å². The van der Waals surface area contributed by atoms with E-state index in [0.717, 1.165) is 28.0 Å². The van der Waals surface area contributed by atoms with Crippen LogP contribution in [0.15, 0.2) is 83.5 Å². The Labute approximate surface area is 156 Å². The Morgan fingerprint density at radius 2 is 1.33 bits per heavy atom. The van der Waals surface area contributed by atoms with Crippen molar-refractivity contribution in [1.29, 1.82) is 0 Å². The fourth-order valence-corrected chi connectivity index (χ4v) is 5.00. The van der Waals surface area contributed by atoms with Gasteiger partial charge in [-0.05, 0) is 39.3 Å². The lowest BCUT2D eigenvalue weighted by molar-refractivity contribution is 0.425. The van der Waals surface area contributed by atoms with Crippen LogP contribution in [-0.2, 0) is 5.41 Å². The van der Waals surface area contributed by atoms with Crippen molar-refractivity contribution >= 4 is 12.6 Å². The summed E-state index contributed by atoms with van der Waals surface area (Å²) >= 11 is 0. The van der Waals surface area contributed by atoms with Crippen molar-refractivity contribution in [2.45, 2.75) is 5.41 Å². The van der Waals surface area contributed by atoms with Crippen LogP contribution in [0.4, 0.5) is 0 Å². The first kappa shape index (κ1) is 15.0. The van der Waals surface area contributed by atoms with Crippen LogP contribution in [0.1, 0.15) is 22.3 Å². The van der Waals surface area contributed by atoms with Gasteiger partial charge < -0.3 is 14.5 Å². The summed E-state index contributed by atoms with van der Waals surface area (Å²) in [6.45, 7) is 0. The monoisotopic (exact) mass is 350 g/mol. The molecule has 3 nitrogen and oxygen atoms in total. The summed E-state index contributed by atoms with van der Waals surface area (Å²) in [6, 6.07) is 24.5. The quantitative estimate of drug-likeness (QED) is 0.448. The van der Waals surface area contributed by atoms with E-state index >= 15 is 0 Å². The minimum absolute atomic E-state index is 0.490. The minimum Gasteiger partial charge on any atom is -0.464 e. The Balaban J connectivity index is 1.82. The van der Waals surface area contributed by atoms with E-state index in [-0.39, 0.29) is 0 Å². The second-order valence-electron chi connectivity index (χ2n) is 7.18. The van der Waals surface area contributed by atoms with Gasteiger partial charge in [0.2, 0.25) is 0 Å². The van der Waals surface area contributed by atoms with Crippen LogP contribution in [0, 0.1) is 0 Å². The molecular weight excluding hydrogens is 335 g/mol. The molecule has 0 saturated carbocycles. The summed E-state index contributed by atoms with van der Waals surface area (Å²) < 4.78 is 5.90. The van der Waals surface area contributed by atoms with Crippen molar-refractivity contribution in [2.24, 2.45) is 0 Å². The molecule has 0 radical (unpaired) electrons. The molecule has 1 unspecified atom stereocenters. The van der Waals surface area contributed by atoms with E-state index < -0.39 is 12.5 Å². The highest BCUT2D eigenvalue weighted by Crippen LogP contribution is 2.62. The molecule has 2 N–H and O–H groups in total. The highest BCUT2D eigenvalue weighted by Gasteiger charge is 2.53. The zero-order chi connectivity index (χ0) is 18.2. The Hall–Kier alpha value is -3.08. The molecule has 1 atom stereocenters. The molecule has 0 fully saturated rings. The predicted molar refractivity (Wildman–Crippen MR) is 105 cm³/mol. The van der Waals surface area contributed by atoms with E-state index in [9.17, 15) is 10.0 Å².